The lowest BCUT2D eigenvalue weighted by atomic mass is 10.1. The van der Waals surface area contributed by atoms with Crippen LogP contribution in [0.1, 0.15) is 6.42 Å². The van der Waals surface area contributed by atoms with Gasteiger partial charge < -0.3 is 15.0 Å². The maximum Gasteiger partial charge on any atom is 0.240 e. The molecule has 2 fully saturated rings. The van der Waals surface area contributed by atoms with Crippen LogP contribution in [-0.4, -0.2) is 63.6 Å². The Balaban J connectivity index is 1.54. The summed E-state index contributed by atoms with van der Waals surface area (Å²) in [6.45, 7) is 1.75. The molecule has 9 heteroatoms. The fourth-order valence-electron chi connectivity index (χ4n) is 3.04. The van der Waals surface area contributed by atoms with Crippen LogP contribution in [0.15, 0.2) is 29.2 Å². The van der Waals surface area contributed by atoms with Crippen molar-refractivity contribution in [3.8, 4) is 5.75 Å². The van der Waals surface area contributed by atoms with Crippen molar-refractivity contribution in [2.45, 2.75) is 17.4 Å². The van der Waals surface area contributed by atoms with Crippen molar-refractivity contribution in [1.82, 2.24) is 14.9 Å². The zero-order chi connectivity index (χ0) is 17.9. The first-order valence-electron chi connectivity index (χ1n) is 8.23. The molecule has 2 N–H and O–H groups in total. The van der Waals surface area contributed by atoms with Crippen molar-refractivity contribution >= 4 is 27.7 Å². The highest BCUT2D eigenvalue weighted by Gasteiger charge is 2.33. The van der Waals surface area contributed by atoms with E-state index in [9.17, 15) is 13.2 Å². The average Bonchev–Trinajstić information content (AvgIpc) is 3.31. The molecule has 2 saturated heterocycles. The summed E-state index contributed by atoms with van der Waals surface area (Å²) in [5, 5.41) is 3.22. The Labute approximate surface area is 152 Å². The Kier molecular flexibility index (Phi) is 5.88. The van der Waals surface area contributed by atoms with Gasteiger partial charge in [0.2, 0.25) is 15.9 Å². The summed E-state index contributed by atoms with van der Waals surface area (Å²) >= 11 is 1.76. The third-order valence-corrected chi connectivity index (χ3v) is 6.88. The second-order valence-electron chi connectivity index (χ2n) is 6.23. The summed E-state index contributed by atoms with van der Waals surface area (Å²) in [6.07, 6.45) is 0.653. The minimum atomic E-state index is -3.59. The summed E-state index contributed by atoms with van der Waals surface area (Å²) in [5.74, 6) is 2.47. The molecule has 0 radical (unpaired) electrons. The molecule has 0 aromatic heterocycles. The van der Waals surface area contributed by atoms with Gasteiger partial charge in [0, 0.05) is 31.5 Å². The van der Waals surface area contributed by atoms with Crippen molar-refractivity contribution in [3.05, 3.63) is 24.3 Å². The number of hydrogen-bond acceptors (Lipinski definition) is 6. The monoisotopic (exact) mass is 385 g/mol. The van der Waals surface area contributed by atoms with Gasteiger partial charge in [-0.25, -0.2) is 13.1 Å². The van der Waals surface area contributed by atoms with Gasteiger partial charge in [0.25, 0.3) is 0 Å². The number of carbonyl (C=O) groups is 1. The second kappa shape index (κ2) is 7.94. The van der Waals surface area contributed by atoms with E-state index in [-0.39, 0.29) is 22.8 Å². The number of methoxy groups -OCH3 is 1. The third-order valence-electron chi connectivity index (χ3n) is 4.50. The highest BCUT2D eigenvalue weighted by Crippen LogP contribution is 2.21. The number of amides is 1. The van der Waals surface area contributed by atoms with Crippen LogP contribution in [0.25, 0.3) is 0 Å². The van der Waals surface area contributed by atoms with E-state index in [0.717, 1.165) is 18.2 Å². The summed E-state index contributed by atoms with van der Waals surface area (Å²) < 4.78 is 32.5. The number of thioether (sulfide) groups is 1. The average molecular weight is 386 g/mol. The number of benzene rings is 1. The first-order chi connectivity index (χ1) is 12.0. The van der Waals surface area contributed by atoms with Gasteiger partial charge in [-0.1, -0.05) is 6.07 Å². The predicted octanol–water partition coefficient (Wildman–Crippen LogP) is 0.485. The molecule has 0 aliphatic carbocycles. The molecule has 0 saturated carbocycles. The van der Waals surface area contributed by atoms with Crippen molar-refractivity contribution in [3.63, 3.8) is 0 Å². The van der Waals surface area contributed by atoms with Crippen LogP contribution in [-0.2, 0) is 14.8 Å². The fraction of sp³-hybridized carbons (Fsp3) is 0.562. The predicted molar refractivity (Wildman–Crippen MR) is 97.1 cm³/mol. The minimum absolute atomic E-state index is 0.101. The standard InChI is InChI=1S/C16H23N3O4S2/c1-23-13-3-2-4-14(8-13)25(21,22)18-10-12-7-15(17-9-12)16(20)19-5-6-24-11-19/h2-4,8,12,15,17-18H,5-7,9-11H2,1H3. The number of nitrogens with one attached hydrogen (secondary N) is 2. The molecule has 3 rings (SSSR count). The fourth-order valence-corrected chi connectivity index (χ4v) is 5.15. The lowest BCUT2D eigenvalue weighted by Crippen LogP contribution is -2.42. The summed E-state index contributed by atoms with van der Waals surface area (Å²) in [4.78, 5) is 14.4. The molecule has 2 heterocycles. The van der Waals surface area contributed by atoms with E-state index in [1.807, 2.05) is 4.90 Å². The smallest absolute Gasteiger partial charge is 0.240 e. The van der Waals surface area contributed by atoms with Crippen LogP contribution in [0.2, 0.25) is 0 Å². The van der Waals surface area contributed by atoms with Gasteiger partial charge in [0.05, 0.1) is 23.9 Å². The van der Waals surface area contributed by atoms with Crippen LogP contribution >= 0.6 is 11.8 Å². The maximum atomic E-state index is 12.4. The molecule has 2 aliphatic heterocycles. The van der Waals surface area contributed by atoms with Crippen LogP contribution in [0, 0.1) is 5.92 Å². The molecule has 1 aromatic carbocycles. The van der Waals surface area contributed by atoms with Gasteiger partial charge in [-0.05, 0) is 24.5 Å². The molecule has 0 bridgehead atoms. The van der Waals surface area contributed by atoms with Crippen LogP contribution < -0.4 is 14.8 Å². The van der Waals surface area contributed by atoms with Gasteiger partial charge in [-0.2, -0.15) is 0 Å². The Hall–Kier alpha value is -1.29. The number of carbonyl (C=O) groups excluding carboxylic acids is 1. The van der Waals surface area contributed by atoms with Gasteiger partial charge in [-0.15, -0.1) is 11.8 Å². The van der Waals surface area contributed by atoms with Crippen LogP contribution in [0.5, 0.6) is 5.75 Å². The topological polar surface area (TPSA) is 87.7 Å². The van der Waals surface area contributed by atoms with Crippen LogP contribution in [0.3, 0.4) is 0 Å². The lowest BCUT2D eigenvalue weighted by Gasteiger charge is -2.19. The van der Waals surface area contributed by atoms with Gasteiger partial charge in [-0.3, -0.25) is 4.79 Å². The highest BCUT2D eigenvalue weighted by atomic mass is 32.2. The minimum Gasteiger partial charge on any atom is -0.497 e. The van der Waals surface area contributed by atoms with E-state index in [1.54, 1.807) is 23.9 Å². The molecule has 0 spiro atoms. The highest BCUT2D eigenvalue weighted by molar-refractivity contribution is 7.99. The molecular formula is C16H23N3O4S2. The Bertz CT molecular complexity index is 720. The molecule has 138 valence electrons. The first-order valence-corrected chi connectivity index (χ1v) is 10.9. The van der Waals surface area contributed by atoms with E-state index < -0.39 is 10.0 Å². The summed E-state index contributed by atoms with van der Waals surface area (Å²) in [6, 6.07) is 6.17. The van der Waals surface area contributed by atoms with Gasteiger partial charge in [0.1, 0.15) is 5.75 Å². The zero-order valence-electron chi connectivity index (χ0n) is 14.1. The molecule has 1 amide bonds. The van der Waals surface area contributed by atoms with E-state index in [4.69, 9.17) is 4.74 Å². The summed E-state index contributed by atoms with van der Waals surface area (Å²) in [7, 11) is -2.09. The molecule has 7 nitrogen and oxygen atoms in total. The second-order valence-corrected chi connectivity index (χ2v) is 9.07. The van der Waals surface area contributed by atoms with Crippen molar-refractivity contribution < 1.29 is 17.9 Å². The van der Waals surface area contributed by atoms with Crippen molar-refractivity contribution in [2.75, 3.05) is 38.4 Å². The van der Waals surface area contributed by atoms with Crippen molar-refractivity contribution in [1.29, 1.82) is 0 Å². The Morgan fingerprint density at radius 2 is 2.32 bits per heavy atom. The van der Waals surface area contributed by atoms with E-state index in [0.29, 0.717) is 25.3 Å². The van der Waals surface area contributed by atoms with Gasteiger partial charge >= 0.3 is 0 Å². The van der Waals surface area contributed by atoms with E-state index in [1.165, 1.54) is 19.2 Å². The Morgan fingerprint density at radius 1 is 1.48 bits per heavy atom. The van der Waals surface area contributed by atoms with Crippen LogP contribution in [0.4, 0.5) is 0 Å². The maximum absolute atomic E-state index is 12.4. The molecule has 25 heavy (non-hydrogen) atoms. The van der Waals surface area contributed by atoms with Crippen molar-refractivity contribution in [2.24, 2.45) is 5.92 Å². The third kappa shape index (κ3) is 4.46. The number of ether oxygens (including phenoxy) is 1. The molecule has 2 atom stereocenters. The lowest BCUT2D eigenvalue weighted by molar-refractivity contribution is -0.131. The molecular weight excluding hydrogens is 362 g/mol. The number of hydrogen-bond donors (Lipinski definition) is 2. The van der Waals surface area contributed by atoms with Gasteiger partial charge in [0.15, 0.2) is 0 Å². The molecule has 2 unspecified atom stereocenters. The SMILES string of the molecule is COc1cccc(S(=O)(=O)NCC2CNC(C(=O)N3CCSC3)C2)c1. The van der Waals surface area contributed by atoms with E-state index in [2.05, 4.69) is 10.0 Å². The summed E-state index contributed by atoms with van der Waals surface area (Å²) in [5.41, 5.74) is 0. The number of sulfonamides is 1. The quantitative estimate of drug-likeness (QED) is 0.741. The number of rotatable bonds is 6. The number of nitrogens with zero attached hydrogens (tertiary/aromatic N) is 1. The Morgan fingerprint density at radius 3 is 3.04 bits per heavy atom. The first kappa shape index (κ1) is 18.5. The normalized spacial score (nSPS) is 23.8. The zero-order valence-corrected chi connectivity index (χ0v) is 15.7. The van der Waals surface area contributed by atoms with E-state index >= 15 is 0 Å². The molecule has 1 aromatic rings. The molecule has 2 aliphatic rings. The largest absolute Gasteiger partial charge is 0.497 e.